The number of amides is 1. The van der Waals surface area contributed by atoms with E-state index in [2.05, 4.69) is 21.9 Å². The van der Waals surface area contributed by atoms with Crippen LogP contribution in [-0.4, -0.2) is 51.9 Å². The van der Waals surface area contributed by atoms with Gasteiger partial charge in [-0.25, -0.2) is 13.1 Å². The Morgan fingerprint density at radius 3 is 2.68 bits per heavy atom. The second-order valence-electron chi connectivity index (χ2n) is 7.89. The first-order valence-electron chi connectivity index (χ1n) is 10.3. The number of sulfonamides is 1. The Hall–Kier alpha value is -1.36. The van der Waals surface area contributed by atoms with Crippen LogP contribution in [0.1, 0.15) is 44.6 Å². The van der Waals surface area contributed by atoms with Gasteiger partial charge in [0.2, 0.25) is 15.9 Å². The smallest absolute Gasteiger partial charge is 0.356 e. The minimum atomic E-state index is -4.77. The zero-order valence-corrected chi connectivity index (χ0v) is 19.0. The summed E-state index contributed by atoms with van der Waals surface area (Å²) in [6.45, 7) is 5.77. The Bertz CT molecular complexity index is 850. The molecule has 1 saturated heterocycles. The summed E-state index contributed by atoms with van der Waals surface area (Å²) in [6.07, 6.45) is -0.582. The van der Waals surface area contributed by atoms with E-state index in [1.165, 1.54) is 12.8 Å². The van der Waals surface area contributed by atoms with Crippen molar-refractivity contribution in [1.82, 2.24) is 14.9 Å². The summed E-state index contributed by atoms with van der Waals surface area (Å²) in [5, 5.41) is 2.15. The zero-order valence-electron chi connectivity index (χ0n) is 17.5. The van der Waals surface area contributed by atoms with E-state index >= 15 is 0 Å². The van der Waals surface area contributed by atoms with Crippen molar-refractivity contribution >= 4 is 27.5 Å². The molecule has 31 heavy (non-hydrogen) atoms. The van der Waals surface area contributed by atoms with E-state index in [4.69, 9.17) is 11.6 Å². The summed E-state index contributed by atoms with van der Waals surface area (Å²) in [7, 11) is -4.20. The van der Waals surface area contributed by atoms with Gasteiger partial charge >= 0.3 is 6.18 Å². The molecule has 1 fully saturated rings. The fourth-order valence-corrected chi connectivity index (χ4v) is 4.82. The SMILES string of the molecule is CC1CCCN(CCCCNC(=O)CCNS(=O)(=O)c2ccc(Cl)c(C(F)(F)F)c2)C1. The number of benzene rings is 1. The van der Waals surface area contributed by atoms with Crippen LogP contribution in [0.15, 0.2) is 23.1 Å². The molecule has 1 aromatic carbocycles. The molecule has 2 rings (SSSR count). The number of carbonyl (C=O) groups excluding carboxylic acids is 1. The van der Waals surface area contributed by atoms with Gasteiger partial charge < -0.3 is 10.2 Å². The van der Waals surface area contributed by atoms with Crippen LogP contribution in [0.4, 0.5) is 13.2 Å². The molecule has 0 saturated carbocycles. The Morgan fingerprint density at radius 2 is 2.00 bits per heavy atom. The number of alkyl halides is 3. The summed E-state index contributed by atoms with van der Waals surface area (Å²) in [6, 6.07) is 2.35. The van der Waals surface area contributed by atoms with Gasteiger partial charge in [-0.2, -0.15) is 13.2 Å². The summed E-state index contributed by atoms with van der Waals surface area (Å²) in [4.78, 5) is 13.8. The van der Waals surface area contributed by atoms with Gasteiger partial charge in [0.1, 0.15) is 0 Å². The van der Waals surface area contributed by atoms with Gasteiger partial charge in [-0.3, -0.25) is 4.79 Å². The highest BCUT2D eigenvalue weighted by Crippen LogP contribution is 2.35. The van der Waals surface area contributed by atoms with Gasteiger partial charge in [0.25, 0.3) is 0 Å². The Morgan fingerprint density at radius 1 is 1.26 bits per heavy atom. The van der Waals surface area contributed by atoms with Gasteiger partial charge in [-0.15, -0.1) is 0 Å². The molecule has 1 aliphatic rings. The van der Waals surface area contributed by atoms with Crippen molar-refractivity contribution in [1.29, 1.82) is 0 Å². The Kier molecular flexibility index (Phi) is 9.60. The summed E-state index contributed by atoms with van der Waals surface area (Å²) < 4.78 is 65.3. The maximum absolute atomic E-state index is 12.9. The van der Waals surface area contributed by atoms with E-state index in [1.807, 2.05) is 0 Å². The molecule has 6 nitrogen and oxygen atoms in total. The number of hydrogen-bond donors (Lipinski definition) is 2. The lowest BCUT2D eigenvalue weighted by Crippen LogP contribution is -2.35. The van der Waals surface area contributed by atoms with Crippen LogP contribution in [0.25, 0.3) is 0 Å². The van der Waals surface area contributed by atoms with Gasteiger partial charge in [-0.1, -0.05) is 18.5 Å². The Labute approximate surface area is 186 Å². The van der Waals surface area contributed by atoms with Gasteiger partial charge in [0.05, 0.1) is 15.5 Å². The molecule has 11 heteroatoms. The molecule has 2 N–H and O–H groups in total. The standard InChI is InChI=1S/C20H29ClF3N3O3S/c1-15-5-4-12-27(14-15)11-3-2-9-25-19(28)8-10-26-31(29,30)16-6-7-18(21)17(13-16)20(22,23)24/h6-7,13,15,26H,2-5,8-12,14H2,1H3,(H,25,28). The molecule has 0 spiro atoms. The third kappa shape index (κ3) is 8.59. The minimum absolute atomic E-state index is 0.109. The van der Waals surface area contributed by atoms with Gasteiger partial charge in [0, 0.05) is 26.1 Å². The number of likely N-dealkylation sites (tertiary alicyclic amines) is 1. The molecule has 176 valence electrons. The lowest BCUT2D eigenvalue weighted by Gasteiger charge is -2.30. The molecule has 1 aromatic rings. The highest BCUT2D eigenvalue weighted by atomic mass is 35.5. The fourth-order valence-electron chi connectivity index (χ4n) is 3.54. The first-order valence-corrected chi connectivity index (χ1v) is 12.2. The zero-order chi connectivity index (χ0) is 23.1. The molecular weight excluding hydrogens is 455 g/mol. The van der Waals surface area contributed by atoms with E-state index in [0.29, 0.717) is 12.6 Å². The van der Waals surface area contributed by atoms with Crippen LogP contribution in [0, 0.1) is 5.92 Å². The van der Waals surface area contributed by atoms with Crippen LogP contribution in [0.5, 0.6) is 0 Å². The number of piperidine rings is 1. The van der Waals surface area contributed by atoms with Crippen LogP contribution >= 0.6 is 11.6 Å². The molecule has 0 aliphatic carbocycles. The molecule has 1 amide bonds. The average Bonchev–Trinajstić information content (AvgIpc) is 2.67. The largest absolute Gasteiger partial charge is 0.417 e. The maximum Gasteiger partial charge on any atom is 0.417 e. The van der Waals surface area contributed by atoms with Crippen molar-refractivity contribution < 1.29 is 26.4 Å². The monoisotopic (exact) mass is 483 g/mol. The number of hydrogen-bond acceptors (Lipinski definition) is 4. The normalized spacial score (nSPS) is 18.2. The molecule has 0 bridgehead atoms. The average molecular weight is 484 g/mol. The van der Waals surface area contributed by atoms with Crippen LogP contribution in [0.3, 0.4) is 0 Å². The molecule has 0 radical (unpaired) electrons. The summed E-state index contributed by atoms with van der Waals surface area (Å²) >= 11 is 5.51. The second-order valence-corrected chi connectivity index (χ2v) is 10.1. The third-order valence-corrected chi connectivity index (χ3v) is 6.95. The highest BCUT2D eigenvalue weighted by Gasteiger charge is 2.34. The predicted octanol–water partition coefficient (Wildman–Crippen LogP) is 3.66. The van der Waals surface area contributed by atoms with Crippen LogP contribution < -0.4 is 10.0 Å². The molecule has 1 unspecified atom stereocenters. The summed E-state index contributed by atoms with van der Waals surface area (Å²) in [5.41, 5.74) is -1.23. The van der Waals surface area contributed by atoms with Crippen molar-refractivity contribution in [3.8, 4) is 0 Å². The van der Waals surface area contributed by atoms with Crippen LogP contribution in [-0.2, 0) is 21.0 Å². The van der Waals surface area contributed by atoms with Crippen LogP contribution in [0.2, 0.25) is 5.02 Å². The highest BCUT2D eigenvalue weighted by molar-refractivity contribution is 7.89. The molecule has 1 heterocycles. The quantitative estimate of drug-likeness (QED) is 0.498. The maximum atomic E-state index is 12.9. The predicted molar refractivity (Wildman–Crippen MR) is 113 cm³/mol. The van der Waals surface area contributed by atoms with Crippen molar-refractivity contribution in [2.45, 2.75) is 50.1 Å². The molecule has 1 atom stereocenters. The number of carbonyl (C=O) groups is 1. The topological polar surface area (TPSA) is 78.5 Å². The molecule has 0 aromatic heterocycles. The number of halogens is 4. The fraction of sp³-hybridized carbons (Fsp3) is 0.650. The summed E-state index contributed by atoms with van der Waals surface area (Å²) in [5.74, 6) is 0.409. The van der Waals surface area contributed by atoms with E-state index in [1.54, 1.807) is 0 Å². The van der Waals surface area contributed by atoms with Crippen molar-refractivity contribution in [3.05, 3.63) is 28.8 Å². The Balaban J connectivity index is 1.69. The lowest BCUT2D eigenvalue weighted by atomic mass is 10.0. The van der Waals surface area contributed by atoms with Crippen molar-refractivity contribution in [2.75, 3.05) is 32.7 Å². The van der Waals surface area contributed by atoms with E-state index in [9.17, 15) is 26.4 Å². The first kappa shape index (κ1) is 25.9. The van der Waals surface area contributed by atoms with Crippen molar-refractivity contribution in [3.63, 3.8) is 0 Å². The van der Waals surface area contributed by atoms with E-state index < -0.39 is 31.7 Å². The van der Waals surface area contributed by atoms with E-state index in [0.717, 1.165) is 50.5 Å². The number of nitrogens with one attached hydrogen (secondary N) is 2. The number of unbranched alkanes of at least 4 members (excludes halogenated alkanes) is 1. The van der Waals surface area contributed by atoms with E-state index in [-0.39, 0.29) is 18.9 Å². The first-order chi connectivity index (χ1) is 14.5. The van der Waals surface area contributed by atoms with Gasteiger partial charge in [0.15, 0.2) is 0 Å². The third-order valence-electron chi connectivity index (χ3n) is 5.16. The molecular formula is C20H29ClF3N3O3S. The number of nitrogens with zero attached hydrogens (tertiary/aromatic N) is 1. The molecule has 1 aliphatic heterocycles. The lowest BCUT2D eigenvalue weighted by molar-refractivity contribution is -0.137. The minimum Gasteiger partial charge on any atom is -0.356 e. The van der Waals surface area contributed by atoms with Gasteiger partial charge in [-0.05, 0) is 62.9 Å². The van der Waals surface area contributed by atoms with Crippen molar-refractivity contribution in [2.24, 2.45) is 5.92 Å². The second kappa shape index (κ2) is 11.5. The number of rotatable bonds is 10.